The van der Waals surface area contributed by atoms with Crippen molar-refractivity contribution < 1.29 is 33.0 Å². The molecule has 2 aliphatic rings. The van der Waals surface area contributed by atoms with Crippen molar-refractivity contribution in [2.24, 2.45) is 11.7 Å². The molecular formula is C31H26Br2F2N4O5. The number of nitrogens with one attached hydrogen (secondary N) is 1. The third-order valence-electron chi connectivity index (χ3n) is 8.32. The lowest BCUT2D eigenvalue weighted by Gasteiger charge is -2.30. The molecule has 4 aromatic rings. The van der Waals surface area contributed by atoms with Crippen LogP contribution in [0.25, 0.3) is 22.2 Å². The second-order valence-electron chi connectivity index (χ2n) is 11.2. The van der Waals surface area contributed by atoms with Gasteiger partial charge in [-0.15, -0.1) is 0 Å². The Morgan fingerprint density at radius 2 is 1.98 bits per heavy atom. The number of hydrogen-bond acceptors (Lipinski definition) is 7. The number of ether oxygens (including phenoxy) is 2. The molecule has 1 aliphatic carbocycles. The lowest BCUT2D eigenvalue weighted by Crippen LogP contribution is -2.44. The zero-order valence-electron chi connectivity index (χ0n) is 23.5. The smallest absolute Gasteiger partial charge is 0.251 e. The van der Waals surface area contributed by atoms with E-state index in [2.05, 4.69) is 47.1 Å². The van der Waals surface area contributed by atoms with Gasteiger partial charge in [-0.3, -0.25) is 14.6 Å². The maximum absolute atomic E-state index is 15.4. The topological polar surface area (TPSA) is 137 Å². The summed E-state index contributed by atoms with van der Waals surface area (Å²) < 4.78 is 41.2. The summed E-state index contributed by atoms with van der Waals surface area (Å²) in [5.41, 5.74) is 3.89. The van der Waals surface area contributed by atoms with Gasteiger partial charge in [-0.2, -0.15) is 0 Å². The van der Waals surface area contributed by atoms with E-state index in [0.29, 0.717) is 35.1 Å². The number of methoxy groups -OCH3 is 1. The van der Waals surface area contributed by atoms with E-state index in [0.717, 1.165) is 10.5 Å². The number of halogens is 4. The zero-order valence-corrected chi connectivity index (χ0v) is 26.7. The number of nitrogens with two attached hydrogens (primary N) is 1. The molecule has 228 valence electrons. The highest BCUT2D eigenvalue weighted by atomic mass is 79.9. The van der Waals surface area contributed by atoms with E-state index in [1.807, 2.05) is 6.07 Å². The predicted octanol–water partition coefficient (Wildman–Crippen LogP) is 5.27. The van der Waals surface area contributed by atoms with Gasteiger partial charge in [0.1, 0.15) is 52.0 Å². The summed E-state index contributed by atoms with van der Waals surface area (Å²) in [5, 5.41) is 15.7. The maximum atomic E-state index is 15.4. The van der Waals surface area contributed by atoms with Gasteiger partial charge in [0.25, 0.3) is 5.91 Å². The monoisotopic (exact) mass is 730 g/mol. The Morgan fingerprint density at radius 1 is 1.23 bits per heavy atom. The summed E-state index contributed by atoms with van der Waals surface area (Å²) in [6.07, 6.45) is 2.91. The Morgan fingerprint density at radius 3 is 2.66 bits per heavy atom. The van der Waals surface area contributed by atoms with Crippen molar-refractivity contribution in [3.05, 3.63) is 80.0 Å². The molecule has 0 unspecified atom stereocenters. The highest BCUT2D eigenvalue weighted by Crippen LogP contribution is 2.50. The van der Waals surface area contributed by atoms with E-state index < -0.39 is 38.9 Å². The van der Waals surface area contributed by atoms with Crippen LogP contribution < -0.4 is 20.5 Å². The minimum atomic E-state index is -1.71. The van der Waals surface area contributed by atoms with Crippen LogP contribution in [-0.2, 0) is 15.8 Å². The van der Waals surface area contributed by atoms with Crippen molar-refractivity contribution in [3.63, 3.8) is 0 Å². The van der Waals surface area contributed by atoms with Crippen molar-refractivity contribution >= 4 is 54.6 Å². The first-order chi connectivity index (χ1) is 20.9. The average molecular weight is 732 g/mol. The van der Waals surface area contributed by atoms with Crippen LogP contribution in [0, 0.1) is 17.6 Å². The molecule has 2 aromatic heterocycles. The molecule has 9 nitrogen and oxygen atoms in total. The van der Waals surface area contributed by atoms with Gasteiger partial charge in [0.15, 0.2) is 0 Å². The van der Waals surface area contributed by atoms with Gasteiger partial charge in [0.05, 0.1) is 23.8 Å². The van der Waals surface area contributed by atoms with Crippen molar-refractivity contribution in [1.29, 1.82) is 0 Å². The van der Waals surface area contributed by atoms with E-state index in [1.165, 1.54) is 19.2 Å². The third kappa shape index (κ3) is 5.00. The molecular weight excluding hydrogens is 706 g/mol. The Labute approximate surface area is 267 Å². The molecule has 2 amide bonds. The molecule has 0 radical (unpaired) electrons. The summed E-state index contributed by atoms with van der Waals surface area (Å²) in [6.45, 7) is 1.21. The molecule has 0 saturated heterocycles. The number of fused-ring (bicyclic) bond motifs is 2. The van der Waals surface area contributed by atoms with Gasteiger partial charge >= 0.3 is 0 Å². The van der Waals surface area contributed by atoms with Crippen molar-refractivity contribution in [1.82, 2.24) is 15.3 Å². The van der Waals surface area contributed by atoms with E-state index in [4.69, 9.17) is 15.2 Å². The maximum Gasteiger partial charge on any atom is 0.251 e. The Bertz CT molecular complexity index is 1870. The summed E-state index contributed by atoms with van der Waals surface area (Å²) in [7, 11) is 1.48. The average Bonchev–Trinajstić information content (AvgIpc) is 3.81. The van der Waals surface area contributed by atoms with E-state index in [-0.39, 0.29) is 47.3 Å². The van der Waals surface area contributed by atoms with Gasteiger partial charge in [0, 0.05) is 32.7 Å². The number of rotatable bonds is 8. The predicted molar refractivity (Wildman–Crippen MR) is 164 cm³/mol. The fourth-order valence-electron chi connectivity index (χ4n) is 5.50. The molecule has 1 aliphatic heterocycles. The van der Waals surface area contributed by atoms with Gasteiger partial charge in [-0.25, -0.2) is 13.8 Å². The fraction of sp³-hybridized carbons (Fsp3) is 0.290. The summed E-state index contributed by atoms with van der Waals surface area (Å²) >= 11 is 6.32. The molecule has 13 heteroatoms. The number of hydrogen-bond donors (Lipinski definition) is 3. The van der Waals surface area contributed by atoms with Crippen LogP contribution >= 0.6 is 31.9 Å². The highest BCUT2D eigenvalue weighted by molar-refractivity contribution is 9.10. The Kier molecular flexibility index (Phi) is 7.61. The lowest BCUT2D eigenvalue weighted by molar-refractivity contribution is -0.123. The normalized spacial score (nSPS) is 18.8. The minimum absolute atomic E-state index is 0.0246. The third-order valence-corrected chi connectivity index (χ3v) is 9.48. The number of aromatic nitrogens is 2. The number of pyridine rings is 2. The van der Waals surface area contributed by atoms with Gasteiger partial charge in [-0.05, 0) is 93.9 Å². The number of carbonyl (C=O) groups is 2. The van der Waals surface area contributed by atoms with Crippen LogP contribution in [0.1, 0.15) is 41.4 Å². The van der Waals surface area contributed by atoms with Crippen LogP contribution in [0.2, 0.25) is 0 Å². The summed E-state index contributed by atoms with van der Waals surface area (Å²) in [4.78, 5) is 35.0. The first-order valence-corrected chi connectivity index (χ1v) is 15.2. The molecule has 2 aromatic carbocycles. The first-order valence-electron chi connectivity index (χ1n) is 13.6. The molecule has 0 bridgehead atoms. The standard InChI is InChI=1S/C31H26Br2F2N4O5/c1-30(29(36)41)13-44-27-19(30)10-22(39-26(27)18-5-6-20(34)23(33)24(18)35)31(42,16-3-4-16)12-38-28(40)15-7-14-8-17(32)11-37-25(14)21(9-15)43-2/h5-11,16,42H,3-4,12-13H2,1-2H3,(H2,36,41)(H,38,40)/t30-,31+/m0/s1. The summed E-state index contributed by atoms with van der Waals surface area (Å²) in [5.74, 6) is -2.69. The molecule has 44 heavy (non-hydrogen) atoms. The Hall–Kier alpha value is -3.68. The van der Waals surface area contributed by atoms with Gasteiger partial charge in [-0.1, -0.05) is 0 Å². The second-order valence-corrected chi connectivity index (χ2v) is 12.9. The number of aliphatic hydroxyl groups is 1. The van der Waals surface area contributed by atoms with Crippen molar-refractivity contribution in [2.45, 2.75) is 30.8 Å². The van der Waals surface area contributed by atoms with Crippen LogP contribution in [0.15, 0.2) is 51.5 Å². The number of primary amides is 1. The number of carbonyl (C=O) groups excluding carboxylic acids is 2. The van der Waals surface area contributed by atoms with Crippen molar-refractivity contribution in [2.75, 3.05) is 20.3 Å². The largest absolute Gasteiger partial charge is 0.494 e. The zero-order chi connectivity index (χ0) is 31.6. The van der Waals surface area contributed by atoms with E-state index in [9.17, 15) is 19.1 Å². The molecule has 1 fully saturated rings. The molecule has 4 N–H and O–H groups in total. The molecule has 2 atom stereocenters. The minimum Gasteiger partial charge on any atom is -0.494 e. The van der Waals surface area contributed by atoms with E-state index in [1.54, 1.807) is 25.3 Å². The van der Waals surface area contributed by atoms with Gasteiger partial charge < -0.3 is 25.6 Å². The number of benzene rings is 2. The first kappa shape index (κ1) is 30.4. The fourth-order valence-corrected chi connectivity index (χ4v) is 6.19. The van der Waals surface area contributed by atoms with Crippen molar-refractivity contribution in [3.8, 4) is 22.8 Å². The molecule has 6 rings (SSSR count). The Balaban J connectivity index is 1.42. The second kappa shape index (κ2) is 11.0. The van der Waals surface area contributed by atoms with Gasteiger partial charge in [0.2, 0.25) is 5.91 Å². The molecule has 1 saturated carbocycles. The quantitative estimate of drug-likeness (QED) is 0.210. The lowest BCUT2D eigenvalue weighted by atomic mass is 9.81. The van der Waals surface area contributed by atoms with Crippen LogP contribution in [-0.4, -0.2) is 47.2 Å². The van der Waals surface area contributed by atoms with Crippen LogP contribution in [0.4, 0.5) is 8.78 Å². The van der Waals surface area contributed by atoms with Crippen LogP contribution in [0.3, 0.4) is 0 Å². The van der Waals surface area contributed by atoms with E-state index >= 15 is 4.39 Å². The highest BCUT2D eigenvalue weighted by Gasteiger charge is 2.50. The molecule has 0 spiro atoms. The molecule has 3 heterocycles. The van der Waals surface area contributed by atoms with Crippen LogP contribution in [0.5, 0.6) is 11.5 Å². The SMILES string of the molecule is COc1cc(C(=O)NC[C@](O)(c2cc3c(c(-c4ccc(F)c(Br)c4F)n2)OC[C@]3(C)C(N)=O)C2CC2)cc2cc(Br)cnc12. The summed E-state index contributed by atoms with van der Waals surface area (Å²) in [6, 6.07) is 8.85. The number of amides is 2. The number of nitrogens with zero attached hydrogens (tertiary/aromatic N) is 2.